The lowest BCUT2D eigenvalue weighted by atomic mass is 10.1. The maximum Gasteiger partial charge on any atom is 0.253 e. The molecule has 0 spiro atoms. The van der Waals surface area contributed by atoms with E-state index in [0.717, 1.165) is 10.4 Å². The van der Waals surface area contributed by atoms with Crippen LogP contribution in [0.15, 0.2) is 48.7 Å². The van der Waals surface area contributed by atoms with Gasteiger partial charge in [-0.3, -0.25) is 9.59 Å². The van der Waals surface area contributed by atoms with Crippen molar-refractivity contribution in [3.63, 3.8) is 0 Å². The number of hydrogen-bond donors (Lipinski definition) is 2. The highest BCUT2D eigenvalue weighted by Gasteiger charge is 2.19. The zero-order valence-electron chi connectivity index (χ0n) is 15.2. The second-order valence-corrected chi connectivity index (χ2v) is 8.57. The third-order valence-electron chi connectivity index (χ3n) is 4.02. The van der Waals surface area contributed by atoms with Crippen molar-refractivity contribution in [2.24, 2.45) is 0 Å². The van der Waals surface area contributed by atoms with Crippen LogP contribution in [0.4, 0.5) is 5.13 Å². The summed E-state index contributed by atoms with van der Waals surface area (Å²) >= 11 is 19.6. The van der Waals surface area contributed by atoms with E-state index in [1.165, 1.54) is 11.3 Å². The molecule has 1 atom stereocenters. The molecular weight excluding hydrogens is 453 g/mol. The minimum absolute atomic E-state index is 0.309. The first kappa shape index (κ1) is 21.6. The van der Waals surface area contributed by atoms with Crippen LogP contribution in [0.3, 0.4) is 0 Å². The van der Waals surface area contributed by atoms with Gasteiger partial charge in [0.25, 0.3) is 5.91 Å². The number of nitrogens with one attached hydrogen (secondary N) is 2. The summed E-state index contributed by atoms with van der Waals surface area (Å²) in [6.07, 6.45) is 2.22. The van der Waals surface area contributed by atoms with E-state index < -0.39 is 11.9 Å². The summed E-state index contributed by atoms with van der Waals surface area (Å²) in [4.78, 5) is 29.8. The van der Waals surface area contributed by atoms with Gasteiger partial charge in [0.15, 0.2) is 5.13 Å². The fourth-order valence-corrected chi connectivity index (χ4v) is 3.95. The number of benzene rings is 2. The zero-order chi connectivity index (χ0) is 21.0. The molecule has 3 rings (SSSR count). The van der Waals surface area contributed by atoms with E-state index in [0.29, 0.717) is 32.2 Å². The molecular formula is C20H16Cl3N3O2S. The van der Waals surface area contributed by atoms with Crippen LogP contribution in [0.25, 0.3) is 0 Å². The summed E-state index contributed by atoms with van der Waals surface area (Å²) in [5.74, 6) is -0.805. The first-order valence-corrected chi connectivity index (χ1v) is 10.5. The summed E-state index contributed by atoms with van der Waals surface area (Å²) in [6, 6.07) is 11.1. The van der Waals surface area contributed by atoms with Gasteiger partial charge in [-0.05, 0) is 42.8 Å². The van der Waals surface area contributed by atoms with Crippen molar-refractivity contribution in [2.75, 3.05) is 5.32 Å². The van der Waals surface area contributed by atoms with Crippen LogP contribution in [0.1, 0.15) is 27.7 Å². The minimum atomic E-state index is -0.770. The zero-order valence-corrected chi connectivity index (χ0v) is 18.3. The van der Waals surface area contributed by atoms with Gasteiger partial charge in [0, 0.05) is 27.5 Å². The van der Waals surface area contributed by atoms with E-state index in [-0.39, 0.29) is 5.91 Å². The van der Waals surface area contributed by atoms with E-state index in [1.54, 1.807) is 55.6 Å². The monoisotopic (exact) mass is 467 g/mol. The third kappa shape index (κ3) is 5.70. The van der Waals surface area contributed by atoms with Gasteiger partial charge in [0.1, 0.15) is 6.04 Å². The topological polar surface area (TPSA) is 71.1 Å². The van der Waals surface area contributed by atoms with Crippen molar-refractivity contribution in [1.82, 2.24) is 10.3 Å². The molecule has 9 heteroatoms. The number of amides is 2. The number of nitrogens with zero attached hydrogens (tertiary/aromatic N) is 1. The van der Waals surface area contributed by atoms with Gasteiger partial charge in [-0.25, -0.2) is 4.98 Å². The standard InChI is InChI=1S/C20H16Cl3N3O2S/c1-11(25-19(28)15-4-2-3-5-17(15)23)18(27)26-20-24-10-14(29-20)9-12-8-13(21)6-7-16(12)22/h2-8,10-11H,9H2,1H3,(H,25,28)(H,24,26,27)/t11-/m0/s1. The normalized spacial score (nSPS) is 11.7. The SMILES string of the molecule is C[C@H](NC(=O)c1ccccc1Cl)C(=O)Nc1ncc(Cc2cc(Cl)ccc2Cl)s1. The lowest BCUT2D eigenvalue weighted by molar-refractivity contribution is -0.117. The molecule has 0 saturated heterocycles. The molecule has 2 aromatic carbocycles. The van der Waals surface area contributed by atoms with Crippen LogP contribution in [-0.4, -0.2) is 22.8 Å². The molecule has 0 bridgehead atoms. The first-order valence-electron chi connectivity index (χ1n) is 8.58. The molecule has 3 aromatic rings. The predicted octanol–water partition coefficient (Wildman–Crippen LogP) is 5.45. The Morgan fingerprint density at radius 3 is 2.62 bits per heavy atom. The quantitative estimate of drug-likeness (QED) is 0.505. The second kappa shape index (κ2) is 9.59. The number of anilines is 1. The number of carbonyl (C=O) groups is 2. The molecule has 0 unspecified atom stereocenters. The molecule has 2 N–H and O–H groups in total. The number of halogens is 3. The molecule has 0 aliphatic heterocycles. The summed E-state index contributed by atoms with van der Waals surface area (Å²) in [6.45, 7) is 1.59. The Morgan fingerprint density at radius 1 is 1.10 bits per heavy atom. The number of aromatic nitrogens is 1. The molecule has 0 radical (unpaired) electrons. The van der Waals surface area contributed by atoms with Crippen LogP contribution in [-0.2, 0) is 11.2 Å². The first-order chi connectivity index (χ1) is 13.8. The molecule has 5 nitrogen and oxygen atoms in total. The van der Waals surface area contributed by atoms with Gasteiger partial charge < -0.3 is 10.6 Å². The molecule has 29 heavy (non-hydrogen) atoms. The molecule has 0 aliphatic rings. The van der Waals surface area contributed by atoms with Crippen LogP contribution in [0.2, 0.25) is 15.1 Å². The highest BCUT2D eigenvalue weighted by atomic mass is 35.5. The Labute approximate surface area is 187 Å². The lowest BCUT2D eigenvalue weighted by Crippen LogP contribution is -2.41. The van der Waals surface area contributed by atoms with Crippen LogP contribution < -0.4 is 10.6 Å². The van der Waals surface area contributed by atoms with E-state index in [2.05, 4.69) is 15.6 Å². The molecule has 0 fully saturated rings. The smallest absolute Gasteiger partial charge is 0.253 e. The average molecular weight is 469 g/mol. The Kier molecular flexibility index (Phi) is 7.14. The largest absolute Gasteiger partial charge is 0.340 e. The number of carbonyl (C=O) groups excluding carboxylic acids is 2. The second-order valence-electron chi connectivity index (χ2n) is 6.21. The third-order valence-corrected chi connectivity index (χ3v) is 5.86. The van der Waals surface area contributed by atoms with Crippen LogP contribution >= 0.6 is 46.1 Å². The Hall–Kier alpha value is -2.12. The fraction of sp³-hybridized carbons (Fsp3) is 0.150. The average Bonchev–Trinajstić information content (AvgIpc) is 3.11. The number of hydrogen-bond acceptors (Lipinski definition) is 4. The Bertz CT molecular complexity index is 1050. The summed E-state index contributed by atoms with van der Waals surface area (Å²) in [5, 5.41) is 7.30. The van der Waals surface area contributed by atoms with Crippen LogP contribution in [0, 0.1) is 0 Å². The van der Waals surface area contributed by atoms with Crippen molar-refractivity contribution in [2.45, 2.75) is 19.4 Å². The summed E-state index contributed by atoms with van der Waals surface area (Å²) in [7, 11) is 0. The lowest BCUT2D eigenvalue weighted by Gasteiger charge is -2.13. The minimum Gasteiger partial charge on any atom is -0.340 e. The van der Waals surface area contributed by atoms with Crippen molar-refractivity contribution in [3.05, 3.63) is 79.7 Å². The highest BCUT2D eigenvalue weighted by molar-refractivity contribution is 7.15. The molecule has 1 heterocycles. The van der Waals surface area contributed by atoms with E-state index in [9.17, 15) is 9.59 Å². The van der Waals surface area contributed by atoms with Gasteiger partial charge in [0.2, 0.25) is 5.91 Å². The molecule has 0 saturated carbocycles. The Morgan fingerprint density at radius 2 is 1.86 bits per heavy atom. The van der Waals surface area contributed by atoms with Crippen molar-refractivity contribution < 1.29 is 9.59 Å². The van der Waals surface area contributed by atoms with Crippen molar-refractivity contribution >= 4 is 63.1 Å². The van der Waals surface area contributed by atoms with Crippen molar-refractivity contribution in [3.8, 4) is 0 Å². The highest BCUT2D eigenvalue weighted by Crippen LogP contribution is 2.27. The molecule has 0 aliphatic carbocycles. The van der Waals surface area contributed by atoms with Crippen LogP contribution in [0.5, 0.6) is 0 Å². The van der Waals surface area contributed by atoms with E-state index >= 15 is 0 Å². The Balaban J connectivity index is 1.60. The van der Waals surface area contributed by atoms with Gasteiger partial charge >= 0.3 is 0 Å². The molecule has 2 amide bonds. The van der Waals surface area contributed by atoms with E-state index in [4.69, 9.17) is 34.8 Å². The maximum absolute atomic E-state index is 12.4. The summed E-state index contributed by atoms with van der Waals surface area (Å²) in [5.41, 5.74) is 1.19. The predicted molar refractivity (Wildman–Crippen MR) is 118 cm³/mol. The van der Waals surface area contributed by atoms with E-state index in [1.807, 2.05) is 0 Å². The molecule has 150 valence electrons. The van der Waals surface area contributed by atoms with Gasteiger partial charge in [-0.2, -0.15) is 0 Å². The molecule has 1 aromatic heterocycles. The number of thiazole rings is 1. The summed E-state index contributed by atoms with van der Waals surface area (Å²) < 4.78 is 0. The number of rotatable bonds is 6. The van der Waals surface area contributed by atoms with Gasteiger partial charge in [-0.1, -0.05) is 46.9 Å². The maximum atomic E-state index is 12.4. The fourth-order valence-electron chi connectivity index (χ4n) is 2.51. The van der Waals surface area contributed by atoms with Crippen molar-refractivity contribution in [1.29, 1.82) is 0 Å². The van der Waals surface area contributed by atoms with Gasteiger partial charge in [-0.15, -0.1) is 11.3 Å². The van der Waals surface area contributed by atoms with Gasteiger partial charge in [0.05, 0.1) is 10.6 Å².